The average Bonchev–Trinajstić information content (AvgIpc) is 3.52. The van der Waals surface area contributed by atoms with E-state index in [2.05, 4.69) is 52.6 Å². The summed E-state index contributed by atoms with van der Waals surface area (Å²) in [7, 11) is 2.10. The molecule has 34 heavy (non-hydrogen) atoms. The van der Waals surface area contributed by atoms with Gasteiger partial charge in [-0.1, -0.05) is 12.1 Å². The first-order valence-corrected chi connectivity index (χ1v) is 11.1. The monoisotopic (exact) mass is 463 g/mol. The molecule has 5 rings (SSSR count). The molecule has 176 valence electrons. The number of aromatic amines is 1. The Kier molecular flexibility index (Phi) is 6.09. The number of H-pyrrole nitrogens is 1. The fraction of sp³-hybridized carbons (Fsp3) is 0.304. The van der Waals surface area contributed by atoms with E-state index in [1.54, 1.807) is 18.4 Å². The van der Waals surface area contributed by atoms with Crippen LogP contribution in [0.2, 0.25) is 0 Å². The van der Waals surface area contributed by atoms with E-state index in [4.69, 9.17) is 4.42 Å². The highest BCUT2D eigenvalue weighted by Crippen LogP contribution is 2.24. The highest BCUT2D eigenvalue weighted by molar-refractivity contribution is 5.61. The number of hydrogen-bond donors (Lipinski definition) is 3. The molecule has 0 unspecified atom stereocenters. The van der Waals surface area contributed by atoms with Crippen molar-refractivity contribution >= 4 is 23.7 Å². The predicted molar refractivity (Wildman–Crippen MR) is 128 cm³/mol. The van der Waals surface area contributed by atoms with Gasteiger partial charge >= 0.3 is 0 Å². The van der Waals surface area contributed by atoms with E-state index in [0.29, 0.717) is 29.4 Å². The summed E-state index contributed by atoms with van der Waals surface area (Å²) in [5, 5.41) is 13.7. The molecule has 0 spiro atoms. The number of anilines is 4. The standard InChI is InChI=1S/C23H26FN9O/c1-15(16-5-7-17(24)8-6-16)25-21-27-22(29-23(28-21)33-11-9-32(2)10-12-33)26-20-14-18(30-31-20)19-4-3-13-34-19/h3-8,13-15H,9-12H2,1-2H3,(H3,25,26,27,28,29,30,31)/t15-/m1/s1. The molecule has 4 aromatic rings. The van der Waals surface area contributed by atoms with Crippen LogP contribution in [0.15, 0.2) is 53.1 Å². The minimum atomic E-state index is -0.270. The molecule has 1 saturated heterocycles. The second kappa shape index (κ2) is 9.48. The molecule has 0 aliphatic carbocycles. The van der Waals surface area contributed by atoms with Crippen molar-refractivity contribution in [2.24, 2.45) is 0 Å². The highest BCUT2D eigenvalue weighted by Gasteiger charge is 2.20. The maximum Gasteiger partial charge on any atom is 0.235 e. The number of nitrogens with zero attached hydrogens (tertiary/aromatic N) is 6. The van der Waals surface area contributed by atoms with E-state index < -0.39 is 0 Å². The van der Waals surface area contributed by atoms with Crippen molar-refractivity contribution in [1.29, 1.82) is 0 Å². The van der Waals surface area contributed by atoms with E-state index in [1.807, 2.05) is 25.1 Å². The Balaban J connectivity index is 1.40. The fourth-order valence-corrected chi connectivity index (χ4v) is 3.72. The summed E-state index contributed by atoms with van der Waals surface area (Å²) in [5.74, 6) is 2.35. The van der Waals surface area contributed by atoms with Crippen LogP contribution < -0.4 is 15.5 Å². The van der Waals surface area contributed by atoms with Gasteiger partial charge in [-0.3, -0.25) is 5.10 Å². The van der Waals surface area contributed by atoms with Gasteiger partial charge in [0.15, 0.2) is 11.6 Å². The van der Waals surface area contributed by atoms with Crippen LogP contribution in [-0.4, -0.2) is 63.3 Å². The smallest absolute Gasteiger partial charge is 0.235 e. The van der Waals surface area contributed by atoms with Crippen LogP contribution in [0.4, 0.5) is 28.1 Å². The lowest BCUT2D eigenvalue weighted by molar-refractivity contribution is 0.311. The third-order valence-corrected chi connectivity index (χ3v) is 5.73. The SMILES string of the molecule is C[C@@H](Nc1nc(Nc2cc(-c3ccco3)[nH]n2)nc(N2CCN(C)CC2)n1)c1ccc(F)cc1. The van der Waals surface area contributed by atoms with Gasteiger partial charge in [0.1, 0.15) is 11.5 Å². The van der Waals surface area contributed by atoms with Gasteiger partial charge in [0.05, 0.1) is 12.3 Å². The van der Waals surface area contributed by atoms with Gasteiger partial charge < -0.3 is 24.9 Å². The van der Waals surface area contributed by atoms with Crippen LogP contribution in [0, 0.1) is 5.82 Å². The van der Waals surface area contributed by atoms with Gasteiger partial charge in [-0.2, -0.15) is 20.1 Å². The Hall–Kier alpha value is -3.99. The molecular formula is C23H26FN9O. The zero-order valence-electron chi connectivity index (χ0n) is 19.0. The lowest BCUT2D eigenvalue weighted by Crippen LogP contribution is -2.45. The average molecular weight is 464 g/mol. The largest absolute Gasteiger partial charge is 0.463 e. The molecule has 3 aromatic heterocycles. The molecule has 11 heteroatoms. The fourth-order valence-electron chi connectivity index (χ4n) is 3.72. The Morgan fingerprint density at radius 3 is 2.53 bits per heavy atom. The maximum atomic E-state index is 13.3. The molecule has 1 fully saturated rings. The van der Waals surface area contributed by atoms with E-state index in [9.17, 15) is 4.39 Å². The molecule has 0 saturated carbocycles. The number of halogens is 1. The zero-order valence-corrected chi connectivity index (χ0v) is 19.0. The molecular weight excluding hydrogens is 437 g/mol. The normalized spacial score (nSPS) is 15.3. The summed E-state index contributed by atoms with van der Waals surface area (Å²) in [6.45, 7) is 5.46. The zero-order chi connectivity index (χ0) is 23.5. The number of benzene rings is 1. The third kappa shape index (κ3) is 4.99. The Morgan fingerprint density at radius 1 is 1.03 bits per heavy atom. The first-order valence-electron chi connectivity index (χ1n) is 11.1. The van der Waals surface area contributed by atoms with Crippen molar-refractivity contribution in [3.63, 3.8) is 0 Å². The van der Waals surface area contributed by atoms with Crippen molar-refractivity contribution in [3.8, 4) is 11.5 Å². The van der Waals surface area contributed by atoms with Crippen LogP contribution in [0.3, 0.4) is 0 Å². The number of rotatable bonds is 7. The maximum absolute atomic E-state index is 13.3. The summed E-state index contributed by atoms with van der Waals surface area (Å²) in [6.07, 6.45) is 1.61. The van der Waals surface area contributed by atoms with Crippen LogP contribution >= 0.6 is 0 Å². The number of furan rings is 1. The Labute approximate surface area is 196 Å². The molecule has 1 aliphatic heterocycles. The topological polar surface area (TPSA) is 111 Å². The molecule has 4 heterocycles. The van der Waals surface area contributed by atoms with E-state index in [1.165, 1.54) is 12.1 Å². The van der Waals surface area contributed by atoms with Crippen LogP contribution in [0.25, 0.3) is 11.5 Å². The molecule has 1 aromatic carbocycles. The van der Waals surface area contributed by atoms with Crippen molar-refractivity contribution in [2.75, 3.05) is 48.8 Å². The van der Waals surface area contributed by atoms with Gasteiger partial charge in [0.2, 0.25) is 17.8 Å². The minimum absolute atomic E-state index is 0.132. The van der Waals surface area contributed by atoms with Crippen molar-refractivity contribution in [2.45, 2.75) is 13.0 Å². The van der Waals surface area contributed by atoms with Crippen LogP contribution in [0.5, 0.6) is 0 Å². The number of likely N-dealkylation sites (N-methyl/N-ethyl adjacent to an activating group) is 1. The molecule has 10 nitrogen and oxygen atoms in total. The van der Waals surface area contributed by atoms with E-state index in [-0.39, 0.29) is 11.9 Å². The number of piperazine rings is 1. The first kappa shape index (κ1) is 21.8. The number of hydrogen-bond acceptors (Lipinski definition) is 9. The number of aromatic nitrogens is 5. The minimum Gasteiger partial charge on any atom is -0.463 e. The predicted octanol–water partition coefficient (Wildman–Crippen LogP) is 3.66. The molecule has 0 radical (unpaired) electrons. The highest BCUT2D eigenvalue weighted by atomic mass is 19.1. The quantitative estimate of drug-likeness (QED) is 0.378. The van der Waals surface area contributed by atoms with Gasteiger partial charge in [0.25, 0.3) is 0 Å². The summed E-state index contributed by atoms with van der Waals surface area (Å²) in [5.41, 5.74) is 1.66. The molecule has 1 aliphatic rings. The third-order valence-electron chi connectivity index (χ3n) is 5.73. The second-order valence-electron chi connectivity index (χ2n) is 8.26. The van der Waals surface area contributed by atoms with Gasteiger partial charge in [-0.15, -0.1) is 0 Å². The van der Waals surface area contributed by atoms with Crippen LogP contribution in [-0.2, 0) is 0 Å². The Bertz CT molecular complexity index is 1220. The Morgan fingerprint density at radius 2 is 1.79 bits per heavy atom. The molecule has 3 N–H and O–H groups in total. The second-order valence-corrected chi connectivity index (χ2v) is 8.26. The molecule has 0 amide bonds. The molecule has 1 atom stereocenters. The first-order chi connectivity index (χ1) is 16.5. The van der Waals surface area contributed by atoms with E-state index in [0.717, 1.165) is 37.4 Å². The molecule has 0 bridgehead atoms. The lowest BCUT2D eigenvalue weighted by atomic mass is 10.1. The summed E-state index contributed by atoms with van der Waals surface area (Å²) in [4.78, 5) is 18.3. The van der Waals surface area contributed by atoms with Gasteiger partial charge in [0, 0.05) is 32.2 Å². The van der Waals surface area contributed by atoms with Gasteiger partial charge in [-0.25, -0.2) is 4.39 Å². The summed E-state index contributed by atoms with van der Waals surface area (Å²) >= 11 is 0. The van der Waals surface area contributed by atoms with Gasteiger partial charge in [-0.05, 0) is 43.8 Å². The van der Waals surface area contributed by atoms with Crippen LogP contribution in [0.1, 0.15) is 18.5 Å². The number of nitrogens with one attached hydrogen (secondary N) is 3. The lowest BCUT2D eigenvalue weighted by Gasteiger charge is -2.32. The van der Waals surface area contributed by atoms with E-state index >= 15 is 0 Å². The summed E-state index contributed by atoms with van der Waals surface area (Å²) < 4.78 is 18.7. The van der Waals surface area contributed by atoms with Crippen molar-refractivity contribution in [1.82, 2.24) is 30.0 Å². The van der Waals surface area contributed by atoms with Crippen molar-refractivity contribution < 1.29 is 8.81 Å². The summed E-state index contributed by atoms with van der Waals surface area (Å²) in [6, 6.07) is 11.7. The van der Waals surface area contributed by atoms with Crippen molar-refractivity contribution in [3.05, 3.63) is 60.1 Å².